The van der Waals surface area contributed by atoms with Gasteiger partial charge in [-0.1, -0.05) is 39.3 Å². The number of pyridine rings is 1. The lowest BCUT2D eigenvalue weighted by atomic mass is 9.81. The molecular formula is C13H18ClNO. The Morgan fingerprint density at radius 1 is 1.38 bits per heavy atom. The summed E-state index contributed by atoms with van der Waals surface area (Å²) in [6.45, 7) is 10.1. The number of hydrogen-bond acceptors (Lipinski definition) is 2. The van der Waals surface area contributed by atoms with Crippen LogP contribution in [0.1, 0.15) is 39.0 Å². The topological polar surface area (TPSA) is 22.1 Å². The van der Waals surface area contributed by atoms with Gasteiger partial charge in [-0.25, -0.2) is 0 Å². The van der Waals surface area contributed by atoms with Gasteiger partial charge in [0.25, 0.3) is 0 Å². The predicted molar refractivity (Wildman–Crippen MR) is 66.1 cm³/mol. The molecule has 0 atom stereocenters. The molecule has 2 nitrogen and oxygen atoms in total. The van der Waals surface area contributed by atoms with Crippen molar-refractivity contribution in [2.24, 2.45) is 0 Å². The highest BCUT2D eigenvalue weighted by molar-refractivity contribution is 6.31. The van der Waals surface area contributed by atoms with E-state index in [9.17, 15) is 0 Å². The molecule has 0 spiro atoms. The van der Waals surface area contributed by atoms with Gasteiger partial charge in [0.1, 0.15) is 0 Å². The molecule has 2 rings (SSSR count). The zero-order valence-electron chi connectivity index (χ0n) is 10.3. The Morgan fingerprint density at radius 2 is 2.00 bits per heavy atom. The maximum atomic E-state index is 6.30. The van der Waals surface area contributed by atoms with E-state index in [0.29, 0.717) is 0 Å². The van der Waals surface area contributed by atoms with Gasteiger partial charge in [-0.15, -0.1) is 0 Å². The van der Waals surface area contributed by atoms with Crippen LogP contribution in [0.2, 0.25) is 5.02 Å². The van der Waals surface area contributed by atoms with Gasteiger partial charge < -0.3 is 4.74 Å². The normalized spacial score (nSPS) is 19.3. The molecule has 1 saturated heterocycles. The average molecular weight is 240 g/mol. The van der Waals surface area contributed by atoms with Gasteiger partial charge in [0.05, 0.1) is 23.9 Å². The highest BCUT2D eigenvalue weighted by Crippen LogP contribution is 2.35. The Kier molecular flexibility index (Phi) is 2.75. The van der Waals surface area contributed by atoms with Crippen LogP contribution in [0.3, 0.4) is 0 Å². The molecule has 0 aromatic carbocycles. The summed E-state index contributed by atoms with van der Waals surface area (Å²) < 4.78 is 5.26. The lowest BCUT2D eigenvalue weighted by Gasteiger charge is -2.38. The fourth-order valence-electron chi connectivity index (χ4n) is 1.89. The summed E-state index contributed by atoms with van der Waals surface area (Å²) in [4.78, 5) is 4.51. The van der Waals surface area contributed by atoms with E-state index in [4.69, 9.17) is 16.3 Å². The van der Waals surface area contributed by atoms with E-state index in [1.165, 1.54) is 5.56 Å². The van der Waals surface area contributed by atoms with Crippen molar-refractivity contribution in [2.75, 3.05) is 13.2 Å². The Morgan fingerprint density at radius 3 is 2.38 bits per heavy atom. The minimum atomic E-state index is -0.00731. The smallest absolute Gasteiger partial charge is 0.0643 e. The van der Waals surface area contributed by atoms with Crippen LogP contribution in [-0.2, 0) is 15.6 Å². The molecule has 1 aliphatic heterocycles. The zero-order chi connectivity index (χ0) is 12.0. The fourth-order valence-corrected chi connectivity index (χ4v) is 2.34. The highest BCUT2D eigenvalue weighted by atomic mass is 35.5. The van der Waals surface area contributed by atoms with E-state index in [0.717, 1.165) is 23.9 Å². The molecule has 0 unspecified atom stereocenters. The van der Waals surface area contributed by atoms with Gasteiger partial charge in [-0.3, -0.25) is 4.98 Å². The molecule has 1 aromatic heterocycles. The van der Waals surface area contributed by atoms with E-state index in [-0.39, 0.29) is 10.8 Å². The van der Waals surface area contributed by atoms with Crippen molar-refractivity contribution in [1.29, 1.82) is 0 Å². The quantitative estimate of drug-likeness (QED) is 0.750. The second kappa shape index (κ2) is 3.71. The van der Waals surface area contributed by atoms with Crippen LogP contribution in [0.4, 0.5) is 0 Å². The number of nitrogens with zero attached hydrogens (tertiary/aromatic N) is 1. The summed E-state index contributed by atoms with van der Waals surface area (Å²) >= 11 is 6.30. The van der Waals surface area contributed by atoms with Gasteiger partial charge in [0.2, 0.25) is 0 Å². The van der Waals surface area contributed by atoms with Gasteiger partial charge in [-0.2, -0.15) is 0 Å². The van der Waals surface area contributed by atoms with Crippen LogP contribution in [0.25, 0.3) is 0 Å². The zero-order valence-corrected chi connectivity index (χ0v) is 11.1. The predicted octanol–water partition coefficient (Wildman–Crippen LogP) is 3.32. The van der Waals surface area contributed by atoms with E-state index in [2.05, 4.69) is 32.7 Å². The molecule has 3 heteroatoms. The van der Waals surface area contributed by atoms with E-state index in [1.54, 1.807) is 0 Å². The van der Waals surface area contributed by atoms with Crippen LogP contribution in [0, 0.1) is 0 Å². The summed E-state index contributed by atoms with van der Waals surface area (Å²) in [7, 11) is 0. The van der Waals surface area contributed by atoms with Crippen LogP contribution in [0.15, 0.2) is 12.3 Å². The Bertz CT molecular complexity index is 405. The molecule has 0 bridgehead atoms. The third-order valence-corrected chi connectivity index (χ3v) is 3.38. The molecule has 2 heterocycles. The SMILES string of the molecule is CC(C)(C)c1ncc(C2(C)COC2)cc1Cl. The van der Waals surface area contributed by atoms with Crippen molar-refractivity contribution in [3.8, 4) is 0 Å². The molecule has 1 aromatic rings. The Balaban J connectivity index is 2.37. The van der Waals surface area contributed by atoms with E-state index < -0.39 is 0 Å². The Hall–Kier alpha value is -0.600. The van der Waals surface area contributed by atoms with Crippen molar-refractivity contribution in [1.82, 2.24) is 4.98 Å². The first kappa shape index (κ1) is 11.9. The minimum Gasteiger partial charge on any atom is -0.379 e. The van der Waals surface area contributed by atoms with Gasteiger partial charge in [0.15, 0.2) is 0 Å². The van der Waals surface area contributed by atoms with Crippen LogP contribution >= 0.6 is 11.6 Å². The van der Waals surface area contributed by atoms with Crippen LogP contribution in [0.5, 0.6) is 0 Å². The molecule has 0 amide bonds. The lowest BCUT2D eigenvalue weighted by Crippen LogP contribution is -2.44. The Labute approximate surface area is 102 Å². The molecule has 0 radical (unpaired) electrons. The maximum absolute atomic E-state index is 6.30. The third kappa shape index (κ3) is 1.96. The molecule has 0 N–H and O–H groups in total. The molecule has 88 valence electrons. The maximum Gasteiger partial charge on any atom is 0.0643 e. The summed E-state index contributed by atoms with van der Waals surface area (Å²) in [5, 5.41) is 0.762. The van der Waals surface area contributed by atoms with Crippen molar-refractivity contribution in [3.63, 3.8) is 0 Å². The summed E-state index contributed by atoms with van der Waals surface area (Å²) in [6.07, 6.45) is 1.94. The fraction of sp³-hybridized carbons (Fsp3) is 0.615. The highest BCUT2D eigenvalue weighted by Gasteiger charge is 2.36. The van der Waals surface area contributed by atoms with Crippen molar-refractivity contribution >= 4 is 11.6 Å². The number of aromatic nitrogens is 1. The number of rotatable bonds is 1. The second-order valence-electron chi connectivity index (χ2n) is 5.86. The molecule has 16 heavy (non-hydrogen) atoms. The van der Waals surface area contributed by atoms with E-state index in [1.807, 2.05) is 12.3 Å². The molecule has 1 fully saturated rings. The first-order valence-corrected chi connectivity index (χ1v) is 5.95. The average Bonchev–Trinajstić information content (AvgIpc) is 2.12. The third-order valence-electron chi connectivity index (χ3n) is 3.09. The van der Waals surface area contributed by atoms with Gasteiger partial charge >= 0.3 is 0 Å². The number of halogens is 1. The summed E-state index contributed by atoms with van der Waals surface area (Å²) in [5.41, 5.74) is 2.23. The monoisotopic (exact) mass is 239 g/mol. The second-order valence-corrected chi connectivity index (χ2v) is 6.27. The molecule has 1 aliphatic rings. The van der Waals surface area contributed by atoms with E-state index >= 15 is 0 Å². The summed E-state index contributed by atoms with van der Waals surface area (Å²) in [6, 6.07) is 2.04. The van der Waals surface area contributed by atoms with Crippen LogP contribution < -0.4 is 0 Å². The number of hydrogen-bond donors (Lipinski definition) is 0. The molecule has 0 aliphatic carbocycles. The van der Waals surface area contributed by atoms with Crippen LogP contribution in [-0.4, -0.2) is 18.2 Å². The number of ether oxygens (including phenoxy) is 1. The van der Waals surface area contributed by atoms with Crippen molar-refractivity contribution in [3.05, 3.63) is 28.5 Å². The van der Waals surface area contributed by atoms with Gasteiger partial charge in [-0.05, 0) is 11.6 Å². The lowest BCUT2D eigenvalue weighted by molar-refractivity contribution is -0.0501. The minimum absolute atomic E-state index is 0.00731. The first-order chi connectivity index (χ1) is 7.33. The standard InChI is InChI=1S/C13H18ClNO/c1-12(2,3)11-10(14)5-9(6-15-11)13(4)7-16-8-13/h5-6H,7-8H2,1-4H3. The summed E-state index contributed by atoms with van der Waals surface area (Å²) in [5.74, 6) is 0. The molecular weight excluding hydrogens is 222 g/mol. The van der Waals surface area contributed by atoms with Gasteiger partial charge in [0, 0.05) is 17.0 Å². The van der Waals surface area contributed by atoms with Crippen molar-refractivity contribution < 1.29 is 4.74 Å². The molecule has 0 saturated carbocycles. The first-order valence-electron chi connectivity index (χ1n) is 5.57. The van der Waals surface area contributed by atoms with Crippen molar-refractivity contribution in [2.45, 2.75) is 38.5 Å². The largest absolute Gasteiger partial charge is 0.379 e.